The Morgan fingerprint density at radius 1 is 1.64 bits per heavy atom. The molecule has 1 aliphatic heterocycles. The van der Waals surface area contributed by atoms with Gasteiger partial charge in [0.25, 0.3) is 0 Å². The maximum atomic E-state index is 10.0. The van der Waals surface area contributed by atoms with Crippen molar-refractivity contribution in [1.82, 2.24) is 0 Å². The van der Waals surface area contributed by atoms with Crippen molar-refractivity contribution in [3.63, 3.8) is 0 Å². The first kappa shape index (κ1) is 8.29. The molecule has 0 aliphatic carbocycles. The van der Waals surface area contributed by atoms with Gasteiger partial charge < -0.3 is 19.9 Å². The van der Waals surface area contributed by atoms with Gasteiger partial charge in [-0.15, -0.1) is 0 Å². The fourth-order valence-corrected chi connectivity index (χ4v) is 0.648. The molecule has 2 unspecified atom stereocenters. The number of hydrogen-bond donors (Lipinski definition) is 1. The molecule has 1 fully saturated rings. The van der Waals surface area contributed by atoms with Gasteiger partial charge in [-0.2, -0.15) is 0 Å². The normalized spacial score (nSPS) is 28.1. The summed E-state index contributed by atoms with van der Waals surface area (Å²) in [6.45, 7) is 2.42. The molecule has 2 N–H and O–H groups in total. The van der Waals surface area contributed by atoms with Crippen molar-refractivity contribution in [2.45, 2.75) is 19.3 Å². The summed E-state index contributed by atoms with van der Waals surface area (Å²) in [6.07, 6.45) is -0.728. The highest BCUT2D eigenvalue weighted by atomic mass is 16.8. The molecular formula is C6H11NO4. The van der Waals surface area contributed by atoms with Gasteiger partial charge in [0, 0.05) is 0 Å². The Morgan fingerprint density at radius 2 is 2.27 bits per heavy atom. The van der Waals surface area contributed by atoms with E-state index in [-0.39, 0.29) is 19.0 Å². The number of hydrogen-bond acceptors (Lipinski definition) is 4. The molecule has 1 rings (SSSR count). The molecule has 5 heteroatoms. The standard InChI is InChI=1S/C6H11NO4/c1-4-5(11-4)9-2-3-10-6(7)8/h4-5H,2-3H2,1H3,(H2,7,8). The van der Waals surface area contributed by atoms with Gasteiger partial charge in [0.15, 0.2) is 6.29 Å². The lowest BCUT2D eigenvalue weighted by Crippen LogP contribution is -2.17. The Bertz CT molecular complexity index is 150. The summed E-state index contributed by atoms with van der Waals surface area (Å²) in [7, 11) is 0. The molecule has 0 aromatic heterocycles. The van der Waals surface area contributed by atoms with Crippen molar-refractivity contribution in [1.29, 1.82) is 0 Å². The number of carbonyl (C=O) groups is 1. The van der Waals surface area contributed by atoms with E-state index >= 15 is 0 Å². The Morgan fingerprint density at radius 3 is 2.73 bits per heavy atom. The Kier molecular flexibility index (Phi) is 2.67. The highest BCUT2D eigenvalue weighted by Gasteiger charge is 2.34. The van der Waals surface area contributed by atoms with Crippen LogP contribution in [-0.2, 0) is 14.2 Å². The van der Waals surface area contributed by atoms with Crippen LogP contribution < -0.4 is 5.73 Å². The molecule has 1 heterocycles. The zero-order valence-electron chi connectivity index (χ0n) is 6.28. The van der Waals surface area contributed by atoms with Crippen molar-refractivity contribution >= 4 is 6.09 Å². The van der Waals surface area contributed by atoms with Crippen LogP contribution in [0.25, 0.3) is 0 Å². The van der Waals surface area contributed by atoms with Gasteiger partial charge in [-0.1, -0.05) is 0 Å². The highest BCUT2D eigenvalue weighted by molar-refractivity contribution is 5.64. The van der Waals surface area contributed by atoms with Crippen LogP contribution in [0, 0.1) is 0 Å². The highest BCUT2D eigenvalue weighted by Crippen LogP contribution is 2.21. The topological polar surface area (TPSA) is 74.1 Å². The van der Waals surface area contributed by atoms with Gasteiger partial charge >= 0.3 is 6.09 Å². The minimum Gasteiger partial charge on any atom is -0.447 e. The SMILES string of the molecule is CC1OC1OCCOC(N)=O. The van der Waals surface area contributed by atoms with E-state index in [0.717, 1.165) is 0 Å². The van der Waals surface area contributed by atoms with Gasteiger partial charge in [0.2, 0.25) is 0 Å². The third kappa shape index (κ3) is 3.20. The minimum absolute atomic E-state index is 0.119. The van der Waals surface area contributed by atoms with Crippen LogP contribution in [0.3, 0.4) is 0 Å². The summed E-state index contributed by atoms with van der Waals surface area (Å²) in [6, 6.07) is 0. The molecule has 11 heavy (non-hydrogen) atoms. The number of epoxide rings is 1. The number of carbonyl (C=O) groups excluding carboxylic acids is 1. The Hall–Kier alpha value is -0.810. The first-order valence-corrected chi connectivity index (χ1v) is 3.39. The van der Waals surface area contributed by atoms with Crippen molar-refractivity contribution in [3.8, 4) is 0 Å². The first-order valence-electron chi connectivity index (χ1n) is 3.39. The number of rotatable bonds is 4. The smallest absolute Gasteiger partial charge is 0.404 e. The summed E-state index contributed by atoms with van der Waals surface area (Å²) in [5.74, 6) is 0. The van der Waals surface area contributed by atoms with Crippen LogP contribution in [0.5, 0.6) is 0 Å². The molecule has 0 aromatic carbocycles. The van der Waals surface area contributed by atoms with E-state index < -0.39 is 6.09 Å². The van der Waals surface area contributed by atoms with Gasteiger partial charge in [-0.25, -0.2) is 4.79 Å². The summed E-state index contributed by atoms with van der Waals surface area (Å²) in [5.41, 5.74) is 4.70. The van der Waals surface area contributed by atoms with Gasteiger partial charge in [0.1, 0.15) is 12.7 Å². The molecule has 0 saturated carbocycles. The van der Waals surface area contributed by atoms with Crippen molar-refractivity contribution in [2.24, 2.45) is 5.73 Å². The third-order valence-electron chi connectivity index (χ3n) is 1.27. The van der Waals surface area contributed by atoms with E-state index in [1.165, 1.54) is 0 Å². The van der Waals surface area contributed by atoms with E-state index in [1.54, 1.807) is 0 Å². The molecule has 0 spiro atoms. The van der Waals surface area contributed by atoms with Crippen LogP contribution in [0.4, 0.5) is 4.79 Å². The van der Waals surface area contributed by atoms with Crippen LogP contribution in [0.15, 0.2) is 0 Å². The quantitative estimate of drug-likeness (QED) is 0.459. The molecule has 64 valence electrons. The second-order valence-electron chi connectivity index (χ2n) is 2.25. The van der Waals surface area contributed by atoms with Crippen LogP contribution in [-0.4, -0.2) is 31.7 Å². The van der Waals surface area contributed by atoms with Gasteiger partial charge in [-0.05, 0) is 6.92 Å². The van der Waals surface area contributed by atoms with Gasteiger partial charge in [-0.3, -0.25) is 0 Å². The van der Waals surface area contributed by atoms with E-state index in [0.29, 0.717) is 6.61 Å². The number of primary amides is 1. The zero-order valence-corrected chi connectivity index (χ0v) is 6.28. The first-order chi connectivity index (χ1) is 5.20. The van der Waals surface area contributed by atoms with E-state index in [4.69, 9.17) is 15.2 Å². The van der Waals surface area contributed by atoms with Crippen molar-refractivity contribution in [2.75, 3.05) is 13.2 Å². The molecule has 5 nitrogen and oxygen atoms in total. The average molecular weight is 161 g/mol. The predicted octanol–water partition coefficient (Wildman–Crippen LogP) is -0.157. The average Bonchev–Trinajstić information content (AvgIpc) is 2.59. The van der Waals surface area contributed by atoms with Crippen LogP contribution in [0.1, 0.15) is 6.92 Å². The molecule has 1 aliphatic rings. The molecular weight excluding hydrogens is 150 g/mol. The number of amides is 1. The third-order valence-corrected chi connectivity index (χ3v) is 1.27. The molecule has 2 atom stereocenters. The van der Waals surface area contributed by atoms with Gasteiger partial charge in [0.05, 0.1) is 6.61 Å². The number of ether oxygens (including phenoxy) is 3. The van der Waals surface area contributed by atoms with Crippen molar-refractivity contribution in [3.05, 3.63) is 0 Å². The van der Waals surface area contributed by atoms with Crippen molar-refractivity contribution < 1.29 is 19.0 Å². The second-order valence-corrected chi connectivity index (χ2v) is 2.25. The summed E-state index contributed by atoms with van der Waals surface area (Å²) < 4.78 is 14.4. The lowest BCUT2D eigenvalue weighted by atomic mass is 10.5. The minimum atomic E-state index is -0.779. The fraction of sp³-hybridized carbons (Fsp3) is 0.833. The lowest BCUT2D eigenvalue weighted by molar-refractivity contribution is 0.0226. The zero-order chi connectivity index (χ0) is 8.27. The van der Waals surface area contributed by atoms with E-state index in [2.05, 4.69) is 4.74 Å². The maximum Gasteiger partial charge on any atom is 0.404 e. The summed E-state index contributed by atoms with van der Waals surface area (Å²) >= 11 is 0. The predicted molar refractivity (Wildman–Crippen MR) is 35.8 cm³/mol. The Balaban J connectivity index is 1.85. The lowest BCUT2D eigenvalue weighted by Gasteiger charge is -1.99. The fourth-order valence-electron chi connectivity index (χ4n) is 0.648. The molecule has 1 saturated heterocycles. The summed E-state index contributed by atoms with van der Waals surface area (Å²) in [4.78, 5) is 10.0. The van der Waals surface area contributed by atoms with E-state index in [9.17, 15) is 4.79 Å². The molecule has 0 radical (unpaired) electrons. The molecule has 0 aromatic rings. The monoisotopic (exact) mass is 161 g/mol. The van der Waals surface area contributed by atoms with Crippen LogP contribution >= 0.6 is 0 Å². The largest absolute Gasteiger partial charge is 0.447 e. The number of nitrogens with two attached hydrogens (primary N) is 1. The van der Waals surface area contributed by atoms with E-state index in [1.807, 2.05) is 6.92 Å². The Labute approximate surface area is 64.4 Å². The molecule has 1 amide bonds. The van der Waals surface area contributed by atoms with Crippen LogP contribution in [0.2, 0.25) is 0 Å². The summed E-state index contributed by atoms with van der Waals surface area (Å²) in [5, 5.41) is 0. The maximum absolute atomic E-state index is 10.0. The second kappa shape index (κ2) is 3.54. The molecule has 0 bridgehead atoms.